The van der Waals surface area contributed by atoms with E-state index in [-0.39, 0.29) is 17.6 Å². The molecule has 18 heavy (non-hydrogen) atoms. The number of benzene rings is 1. The van der Waals surface area contributed by atoms with E-state index in [9.17, 15) is 4.79 Å². The fraction of sp³-hybridized carbons (Fsp3) is 0.500. The Kier molecular flexibility index (Phi) is 3.93. The van der Waals surface area contributed by atoms with Gasteiger partial charge in [0.05, 0.1) is 5.60 Å². The third-order valence-corrected chi connectivity index (χ3v) is 3.54. The number of nitrogens with one attached hydrogen (secondary N) is 1. The highest BCUT2D eigenvalue weighted by atomic mass is 35.5. The van der Waals surface area contributed by atoms with Crippen LogP contribution < -0.4 is 5.32 Å². The quantitative estimate of drug-likeness (QED) is 0.915. The minimum Gasteiger partial charge on any atom is -0.363 e. The molecule has 0 spiro atoms. The van der Waals surface area contributed by atoms with Gasteiger partial charge < -0.3 is 10.1 Å². The summed E-state index contributed by atoms with van der Waals surface area (Å²) < 4.78 is 5.68. The molecule has 1 aliphatic heterocycles. The lowest BCUT2D eigenvalue weighted by atomic mass is 10.1. The van der Waals surface area contributed by atoms with Crippen molar-refractivity contribution in [2.45, 2.75) is 44.9 Å². The summed E-state index contributed by atoms with van der Waals surface area (Å²) in [5, 5.41) is 3.54. The van der Waals surface area contributed by atoms with Crippen molar-refractivity contribution >= 4 is 17.5 Å². The molecule has 1 N–H and O–H groups in total. The standard InChI is InChI=1S/C14H18ClNO2/c1-14(2)8-7-12(18-14)13(17)16-9-10-5-3-4-6-11(10)15/h3-6,12H,7-9H2,1-2H3,(H,16,17). The van der Waals surface area contributed by atoms with Crippen LogP contribution in [-0.4, -0.2) is 17.6 Å². The maximum atomic E-state index is 11.9. The molecule has 1 atom stereocenters. The molecule has 2 rings (SSSR count). The lowest BCUT2D eigenvalue weighted by Gasteiger charge is -2.18. The van der Waals surface area contributed by atoms with Crippen LogP contribution >= 0.6 is 11.6 Å². The van der Waals surface area contributed by atoms with Gasteiger partial charge in [0.25, 0.3) is 0 Å². The van der Waals surface area contributed by atoms with E-state index < -0.39 is 0 Å². The Morgan fingerprint density at radius 3 is 2.83 bits per heavy atom. The zero-order valence-electron chi connectivity index (χ0n) is 10.7. The largest absolute Gasteiger partial charge is 0.363 e. The second kappa shape index (κ2) is 5.29. The predicted molar refractivity (Wildman–Crippen MR) is 71.5 cm³/mol. The molecule has 1 fully saturated rings. The monoisotopic (exact) mass is 267 g/mol. The Morgan fingerprint density at radius 2 is 2.22 bits per heavy atom. The van der Waals surface area contributed by atoms with E-state index in [4.69, 9.17) is 16.3 Å². The molecule has 0 bridgehead atoms. The molecule has 1 heterocycles. The van der Waals surface area contributed by atoms with Crippen LogP contribution in [0.25, 0.3) is 0 Å². The third-order valence-electron chi connectivity index (χ3n) is 3.17. The molecule has 1 aromatic carbocycles. The number of hydrogen-bond acceptors (Lipinski definition) is 2. The molecule has 3 nitrogen and oxygen atoms in total. The molecule has 1 aliphatic rings. The highest BCUT2D eigenvalue weighted by molar-refractivity contribution is 6.31. The second-order valence-electron chi connectivity index (χ2n) is 5.21. The lowest BCUT2D eigenvalue weighted by molar-refractivity contribution is -0.135. The molecular weight excluding hydrogens is 250 g/mol. The number of rotatable bonds is 3. The summed E-state index contributed by atoms with van der Waals surface area (Å²) in [5.74, 6) is -0.0551. The first-order chi connectivity index (χ1) is 8.48. The fourth-order valence-corrected chi connectivity index (χ4v) is 2.31. The van der Waals surface area contributed by atoms with Gasteiger partial charge in [-0.3, -0.25) is 4.79 Å². The molecule has 4 heteroatoms. The summed E-state index contributed by atoms with van der Waals surface area (Å²) in [6.07, 6.45) is 1.36. The van der Waals surface area contributed by atoms with E-state index in [1.54, 1.807) is 0 Å². The molecule has 1 saturated heterocycles. The number of carbonyl (C=O) groups is 1. The fourth-order valence-electron chi connectivity index (χ4n) is 2.10. The van der Waals surface area contributed by atoms with E-state index >= 15 is 0 Å². The SMILES string of the molecule is CC1(C)CCC(C(=O)NCc2ccccc2Cl)O1. The van der Waals surface area contributed by atoms with Gasteiger partial charge in [0, 0.05) is 11.6 Å². The van der Waals surface area contributed by atoms with Crippen LogP contribution in [0.15, 0.2) is 24.3 Å². The van der Waals surface area contributed by atoms with Crippen molar-refractivity contribution in [1.29, 1.82) is 0 Å². The summed E-state index contributed by atoms with van der Waals surface area (Å²) in [4.78, 5) is 11.9. The number of ether oxygens (including phenoxy) is 1. The highest BCUT2D eigenvalue weighted by Crippen LogP contribution is 2.29. The molecule has 0 saturated carbocycles. The van der Waals surface area contributed by atoms with Gasteiger partial charge in [-0.2, -0.15) is 0 Å². The zero-order chi connectivity index (χ0) is 13.2. The zero-order valence-corrected chi connectivity index (χ0v) is 11.5. The Balaban J connectivity index is 1.88. The van der Waals surface area contributed by atoms with Crippen molar-refractivity contribution in [2.24, 2.45) is 0 Å². The Morgan fingerprint density at radius 1 is 1.50 bits per heavy atom. The van der Waals surface area contributed by atoms with Gasteiger partial charge in [-0.1, -0.05) is 29.8 Å². The van der Waals surface area contributed by atoms with Crippen LogP contribution in [0.1, 0.15) is 32.3 Å². The predicted octanol–water partition coefficient (Wildman–Crippen LogP) is 2.91. The van der Waals surface area contributed by atoms with Gasteiger partial charge in [0.1, 0.15) is 6.10 Å². The molecule has 1 amide bonds. The number of halogens is 1. The lowest BCUT2D eigenvalue weighted by Crippen LogP contribution is -2.35. The first-order valence-corrected chi connectivity index (χ1v) is 6.55. The molecule has 1 unspecified atom stereocenters. The smallest absolute Gasteiger partial charge is 0.249 e. The Bertz CT molecular complexity index is 445. The van der Waals surface area contributed by atoms with E-state index in [1.165, 1.54) is 0 Å². The van der Waals surface area contributed by atoms with Gasteiger partial charge in [-0.25, -0.2) is 0 Å². The maximum absolute atomic E-state index is 11.9. The van der Waals surface area contributed by atoms with Gasteiger partial charge in [0.2, 0.25) is 5.91 Å². The molecule has 98 valence electrons. The first-order valence-electron chi connectivity index (χ1n) is 6.17. The van der Waals surface area contributed by atoms with Crippen LogP contribution in [0.5, 0.6) is 0 Å². The van der Waals surface area contributed by atoms with Crippen molar-refractivity contribution in [2.75, 3.05) is 0 Å². The van der Waals surface area contributed by atoms with Crippen LogP contribution in [-0.2, 0) is 16.1 Å². The second-order valence-corrected chi connectivity index (χ2v) is 5.62. The summed E-state index contributed by atoms with van der Waals surface area (Å²) in [5.41, 5.74) is 0.733. The van der Waals surface area contributed by atoms with Crippen molar-refractivity contribution in [3.63, 3.8) is 0 Å². The average molecular weight is 268 g/mol. The van der Waals surface area contributed by atoms with Crippen molar-refractivity contribution < 1.29 is 9.53 Å². The topological polar surface area (TPSA) is 38.3 Å². The molecule has 0 aromatic heterocycles. The average Bonchev–Trinajstić information content (AvgIpc) is 2.68. The van der Waals surface area contributed by atoms with Crippen molar-refractivity contribution in [1.82, 2.24) is 5.32 Å². The summed E-state index contributed by atoms with van der Waals surface area (Å²) >= 11 is 6.03. The van der Waals surface area contributed by atoms with Gasteiger partial charge >= 0.3 is 0 Å². The van der Waals surface area contributed by atoms with E-state index in [2.05, 4.69) is 5.32 Å². The van der Waals surface area contributed by atoms with Crippen LogP contribution in [0, 0.1) is 0 Å². The third kappa shape index (κ3) is 3.24. The number of carbonyl (C=O) groups excluding carboxylic acids is 1. The summed E-state index contributed by atoms with van der Waals surface area (Å²) in [6.45, 7) is 4.46. The van der Waals surface area contributed by atoms with Gasteiger partial charge in [-0.05, 0) is 38.3 Å². The van der Waals surface area contributed by atoms with Crippen LogP contribution in [0.4, 0.5) is 0 Å². The van der Waals surface area contributed by atoms with E-state index in [0.29, 0.717) is 11.6 Å². The first kappa shape index (κ1) is 13.4. The summed E-state index contributed by atoms with van der Waals surface area (Å²) in [6, 6.07) is 7.50. The molecule has 1 aromatic rings. The van der Waals surface area contributed by atoms with E-state index in [1.807, 2.05) is 38.1 Å². The minimum atomic E-state index is -0.331. The molecule has 0 aliphatic carbocycles. The van der Waals surface area contributed by atoms with Crippen molar-refractivity contribution in [3.8, 4) is 0 Å². The highest BCUT2D eigenvalue weighted by Gasteiger charge is 2.35. The van der Waals surface area contributed by atoms with Gasteiger partial charge in [-0.15, -0.1) is 0 Å². The maximum Gasteiger partial charge on any atom is 0.249 e. The Labute approximate surface area is 112 Å². The van der Waals surface area contributed by atoms with Crippen molar-refractivity contribution in [3.05, 3.63) is 34.9 Å². The molecule has 0 radical (unpaired) electrons. The van der Waals surface area contributed by atoms with Crippen LogP contribution in [0.2, 0.25) is 5.02 Å². The Hall–Kier alpha value is -1.06. The van der Waals surface area contributed by atoms with E-state index in [0.717, 1.165) is 18.4 Å². The van der Waals surface area contributed by atoms with Crippen LogP contribution in [0.3, 0.4) is 0 Å². The molecular formula is C14H18ClNO2. The summed E-state index contributed by atoms with van der Waals surface area (Å²) in [7, 11) is 0. The normalized spacial score (nSPS) is 21.8. The number of hydrogen-bond donors (Lipinski definition) is 1. The van der Waals surface area contributed by atoms with Gasteiger partial charge in [0.15, 0.2) is 0 Å². The minimum absolute atomic E-state index is 0.0551. The number of amides is 1.